The molecule has 1 aliphatic rings. The van der Waals surface area contributed by atoms with Crippen LogP contribution in [0.2, 0.25) is 0 Å². The highest BCUT2D eigenvalue weighted by atomic mass is 16.4. The maximum absolute atomic E-state index is 10.7. The summed E-state index contributed by atoms with van der Waals surface area (Å²) in [6.45, 7) is 2.24. The molecule has 0 saturated heterocycles. The van der Waals surface area contributed by atoms with Gasteiger partial charge in [-0.1, -0.05) is 19.8 Å². The van der Waals surface area contributed by atoms with Crippen molar-refractivity contribution < 1.29 is 9.90 Å². The molecule has 1 heterocycles. The van der Waals surface area contributed by atoms with Gasteiger partial charge in [-0.05, 0) is 43.7 Å². The Balaban J connectivity index is 1.83. The van der Waals surface area contributed by atoms with Crippen LogP contribution in [0.25, 0.3) is 0 Å². The molecule has 1 fully saturated rings. The van der Waals surface area contributed by atoms with Crippen LogP contribution in [0.15, 0.2) is 12.1 Å². The Morgan fingerprint density at radius 3 is 2.58 bits per heavy atom. The number of hydrogen-bond donors (Lipinski definition) is 2. The summed E-state index contributed by atoms with van der Waals surface area (Å²) in [6.07, 6.45) is 7.46. The summed E-state index contributed by atoms with van der Waals surface area (Å²) in [5, 5.41) is 19.7. The average Bonchev–Trinajstić information content (AvgIpc) is 2.42. The molecule has 1 aliphatic carbocycles. The van der Waals surface area contributed by atoms with E-state index in [9.17, 15) is 4.79 Å². The zero-order valence-electron chi connectivity index (χ0n) is 11.3. The molecule has 5 heteroatoms. The summed E-state index contributed by atoms with van der Waals surface area (Å²) in [6, 6.07) is 3.62. The molecular formula is C14H21N3O2. The van der Waals surface area contributed by atoms with Gasteiger partial charge < -0.3 is 10.4 Å². The summed E-state index contributed by atoms with van der Waals surface area (Å²) < 4.78 is 0. The Labute approximate surface area is 113 Å². The first kappa shape index (κ1) is 13.8. The average molecular weight is 263 g/mol. The Kier molecular flexibility index (Phi) is 4.71. The molecule has 2 N–H and O–H groups in total. The van der Waals surface area contributed by atoms with Gasteiger partial charge in [-0.2, -0.15) is 0 Å². The van der Waals surface area contributed by atoms with E-state index in [4.69, 9.17) is 5.11 Å². The van der Waals surface area contributed by atoms with E-state index in [1.807, 2.05) is 0 Å². The lowest BCUT2D eigenvalue weighted by atomic mass is 9.83. The predicted octanol–water partition coefficient (Wildman–Crippen LogP) is 2.95. The fourth-order valence-electron chi connectivity index (χ4n) is 2.74. The largest absolute Gasteiger partial charge is 0.476 e. The first-order chi connectivity index (χ1) is 9.19. The number of carboxylic acid groups (broad SMARTS) is 1. The molecule has 0 radical (unpaired) electrons. The van der Waals surface area contributed by atoms with Crippen molar-refractivity contribution in [2.24, 2.45) is 5.92 Å². The van der Waals surface area contributed by atoms with Crippen LogP contribution in [0.5, 0.6) is 0 Å². The normalized spacial score (nSPS) is 23.0. The minimum atomic E-state index is -1.04. The summed E-state index contributed by atoms with van der Waals surface area (Å²) in [5.41, 5.74) is -0.0165. The molecule has 0 aliphatic heterocycles. The number of hydrogen-bond acceptors (Lipinski definition) is 4. The first-order valence-electron chi connectivity index (χ1n) is 7.02. The van der Waals surface area contributed by atoms with Gasteiger partial charge in [-0.25, -0.2) is 4.79 Å². The Bertz CT molecular complexity index is 411. The van der Waals surface area contributed by atoms with Crippen molar-refractivity contribution in [2.45, 2.75) is 51.5 Å². The molecule has 2 rings (SSSR count). The number of carbonyl (C=O) groups is 1. The van der Waals surface area contributed by atoms with Crippen molar-refractivity contribution in [3.8, 4) is 0 Å². The van der Waals surface area contributed by atoms with E-state index >= 15 is 0 Å². The van der Waals surface area contributed by atoms with Crippen LogP contribution in [0.4, 0.5) is 5.82 Å². The molecule has 0 bridgehead atoms. The molecule has 5 nitrogen and oxygen atoms in total. The van der Waals surface area contributed by atoms with Crippen molar-refractivity contribution in [1.82, 2.24) is 10.2 Å². The number of aromatic nitrogens is 2. The minimum absolute atomic E-state index is 0.0165. The van der Waals surface area contributed by atoms with Crippen LogP contribution in [0, 0.1) is 5.92 Å². The zero-order valence-corrected chi connectivity index (χ0v) is 11.3. The first-order valence-corrected chi connectivity index (χ1v) is 7.02. The second kappa shape index (κ2) is 6.50. The van der Waals surface area contributed by atoms with Crippen LogP contribution in [0.1, 0.15) is 55.9 Å². The predicted molar refractivity (Wildman–Crippen MR) is 73.3 cm³/mol. The second-order valence-electron chi connectivity index (χ2n) is 5.26. The molecule has 0 aromatic carbocycles. The summed E-state index contributed by atoms with van der Waals surface area (Å²) >= 11 is 0. The molecule has 1 aromatic heterocycles. The van der Waals surface area contributed by atoms with Gasteiger partial charge in [0.05, 0.1) is 0 Å². The smallest absolute Gasteiger partial charge is 0.356 e. The van der Waals surface area contributed by atoms with E-state index in [0.717, 1.165) is 18.8 Å². The molecule has 19 heavy (non-hydrogen) atoms. The minimum Gasteiger partial charge on any atom is -0.476 e. The van der Waals surface area contributed by atoms with E-state index < -0.39 is 5.97 Å². The number of anilines is 1. The lowest BCUT2D eigenvalue weighted by Gasteiger charge is -2.29. The van der Waals surface area contributed by atoms with Gasteiger partial charge in [-0.15, -0.1) is 10.2 Å². The van der Waals surface area contributed by atoms with E-state index in [0.29, 0.717) is 11.9 Å². The third-order valence-electron chi connectivity index (χ3n) is 3.78. The lowest BCUT2D eigenvalue weighted by Crippen LogP contribution is -2.26. The highest BCUT2D eigenvalue weighted by Crippen LogP contribution is 2.29. The number of nitrogens with zero attached hydrogens (tertiary/aromatic N) is 2. The van der Waals surface area contributed by atoms with Crippen molar-refractivity contribution in [3.05, 3.63) is 17.8 Å². The van der Waals surface area contributed by atoms with Gasteiger partial charge in [-0.3, -0.25) is 0 Å². The summed E-state index contributed by atoms with van der Waals surface area (Å²) in [7, 11) is 0. The Hall–Kier alpha value is -1.65. The highest BCUT2D eigenvalue weighted by molar-refractivity contribution is 5.85. The van der Waals surface area contributed by atoms with Gasteiger partial charge >= 0.3 is 5.97 Å². The van der Waals surface area contributed by atoms with Crippen molar-refractivity contribution in [1.29, 1.82) is 0 Å². The number of nitrogens with one attached hydrogen (secondary N) is 1. The van der Waals surface area contributed by atoms with Gasteiger partial charge in [0.15, 0.2) is 5.69 Å². The van der Waals surface area contributed by atoms with Crippen molar-refractivity contribution in [3.63, 3.8) is 0 Å². The fraction of sp³-hybridized carbons (Fsp3) is 0.643. The summed E-state index contributed by atoms with van der Waals surface area (Å²) in [4.78, 5) is 10.7. The topological polar surface area (TPSA) is 75.1 Å². The van der Waals surface area contributed by atoms with E-state index in [1.54, 1.807) is 6.07 Å². The number of carboxylic acids is 1. The molecule has 1 saturated carbocycles. The second-order valence-corrected chi connectivity index (χ2v) is 5.26. The SMILES string of the molecule is CCCC1CCC(Nc2ccc(C(=O)O)nn2)CC1. The van der Waals surface area contributed by atoms with Crippen molar-refractivity contribution >= 4 is 11.8 Å². The number of aromatic carboxylic acids is 1. The molecule has 0 atom stereocenters. The van der Waals surface area contributed by atoms with Crippen molar-refractivity contribution in [2.75, 3.05) is 5.32 Å². The third-order valence-corrected chi connectivity index (χ3v) is 3.78. The van der Waals surface area contributed by atoms with Crippen LogP contribution in [-0.2, 0) is 0 Å². The molecule has 0 unspecified atom stereocenters. The molecule has 0 spiro atoms. The molecular weight excluding hydrogens is 242 g/mol. The highest BCUT2D eigenvalue weighted by Gasteiger charge is 2.20. The third kappa shape index (κ3) is 3.91. The lowest BCUT2D eigenvalue weighted by molar-refractivity contribution is 0.0689. The Morgan fingerprint density at radius 1 is 1.32 bits per heavy atom. The van der Waals surface area contributed by atoms with Crippen LogP contribution in [-0.4, -0.2) is 27.3 Å². The van der Waals surface area contributed by atoms with Gasteiger partial charge in [0.25, 0.3) is 0 Å². The van der Waals surface area contributed by atoms with Crippen LogP contribution in [0.3, 0.4) is 0 Å². The molecule has 104 valence electrons. The van der Waals surface area contributed by atoms with Gasteiger partial charge in [0, 0.05) is 6.04 Å². The van der Waals surface area contributed by atoms with E-state index in [-0.39, 0.29) is 5.69 Å². The van der Waals surface area contributed by atoms with Gasteiger partial charge in [0.2, 0.25) is 0 Å². The van der Waals surface area contributed by atoms with E-state index in [2.05, 4.69) is 22.4 Å². The van der Waals surface area contributed by atoms with Crippen LogP contribution >= 0.6 is 0 Å². The monoisotopic (exact) mass is 263 g/mol. The molecule has 0 amide bonds. The molecule has 1 aromatic rings. The van der Waals surface area contributed by atoms with Gasteiger partial charge in [0.1, 0.15) is 5.82 Å². The zero-order chi connectivity index (χ0) is 13.7. The standard InChI is InChI=1S/C14H21N3O2/c1-2-3-10-4-6-11(7-5-10)15-13-9-8-12(14(18)19)16-17-13/h8-11H,2-7H2,1H3,(H,15,17)(H,18,19). The Morgan fingerprint density at radius 2 is 2.05 bits per heavy atom. The summed E-state index contributed by atoms with van der Waals surface area (Å²) in [5.74, 6) is 0.506. The fourth-order valence-corrected chi connectivity index (χ4v) is 2.74. The maximum Gasteiger partial charge on any atom is 0.356 e. The quantitative estimate of drug-likeness (QED) is 0.854. The van der Waals surface area contributed by atoms with E-state index in [1.165, 1.54) is 31.7 Å². The number of rotatable bonds is 5. The van der Waals surface area contributed by atoms with Crippen LogP contribution < -0.4 is 5.32 Å². The maximum atomic E-state index is 10.7.